The number of benzene rings is 1. The zero-order valence-corrected chi connectivity index (χ0v) is 20.7. The van der Waals surface area contributed by atoms with E-state index in [9.17, 15) is 29.1 Å². The SMILES string of the molecule is C#Cc1ccc(C(=O)NCCCCC(C(=O)OC(C)(C)C)N(C(N)=O)[C@@H](CCC(=O)O)C(=O)O)cc1. The lowest BCUT2D eigenvalue weighted by Crippen LogP contribution is -2.56. The van der Waals surface area contributed by atoms with Crippen LogP contribution < -0.4 is 11.1 Å². The number of nitrogens with one attached hydrogen (secondary N) is 1. The van der Waals surface area contributed by atoms with Gasteiger partial charge in [-0.3, -0.25) is 14.5 Å². The molecule has 0 aromatic heterocycles. The number of carboxylic acid groups (broad SMARTS) is 2. The highest BCUT2D eigenvalue weighted by Crippen LogP contribution is 2.20. The summed E-state index contributed by atoms with van der Waals surface area (Å²) in [6.07, 6.45) is 5.00. The van der Waals surface area contributed by atoms with Gasteiger partial charge in [0, 0.05) is 24.1 Å². The van der Waals surface area contributed by atoms with Crippen LogP contribution in [-0.4, -0.2) is 69.2 Å². The summed E-state index contributed by atoms with van der Waals surface area (Å²) in [5.41, 5.74) is 5.57. The van der Waals surface area contributed by atoms with Crippen molar-refractivity contribution >= 4 is 29.8 Å². The van der Waals surface area contributed by atoms with Gasteiger partial charge in [0.2, 0.25) is 0 Å². The zero-order chi connectivity index (χ0) is 27.5. The molecule has 11 nitrogen and oxygen atoms in total. The number of hydrogen-bond acceptors (Lipinski definition) is 6. The lowest BCUT2D eigenvalue weighted by atomic mass is 10.0. The minimum Gasteiger partial charge on any atom is -0.481 e. The van der Waals surface area contributed by atoms with Crippen LogP contribution in [-0.2, 0) is 19.1 Å². The maximum Gasteiger partial charge on any atom is 0.329 e. The van der Waals surface area contributed by atoms with Gasteiger partial charge < -0.3 is 26.0 Å². The van der Waals surface area contributed by atoms with E-state index in [-0.39, 0.29) is 18.9 Å². The van der Waals surface area contributed by atoms with Crippen LogP contribution in [0.2, 0.25) is 0 Å². The number of urea groups is 1. The summed E-state index contributed by atoms with van der Waals surface area (Å²) in [7, 11) is 0. The third kappa shape index (κ3) is 10.0. The molecule has 0 saturated carbocycles. The van der Waals surface area contributed by atoms with E-state index in [0.717, 1.165) is 0 Å². The lowest BCUT2D eigenvalue weighted by Gasteiger charge is -2.35. The molecular formula is C25H33N3O8. The van der Waals surface area contributed by atoms with Gasteiger partial charge in [0.1, 0.15) is 17.7 Å². The normalized spacial score (nSPS) is 12.5. The largest absolute Gasteiger partial charge is 0.481 e. The minimum atomic E-state index is -1.64. The van der Waals surface area contributed by atoms with Crippen molar-refractivity contribution in [3.05, 3.63) is 35.4 Å². The first kappa shape index (κ1) is 30.0. The van der Waals surface area contributed by atoms with Crippen LogP contribution in [0, 0.1) is 12.3 Å². The van der Waals surface area contributed by atoms with Gasteiger partial charge in [0.25, 0.3) is 5.91 Å². The molecular weight excluding hydrogens is 470 g/mol. The number of nitrogens with two attached hydrogens (primary N) is 1. The number of unbranched alkanes of at least 4 members (excludes halogenated alkanes) is 1. The van der Waals surface area contributed by atoms with Crippen LogP contribution in [0.3, 0.4) is 0 Å². The predicted molar refractivity (Wildman–Crippen MR) is 130 cm³/mol. The highest BCUT2D eigenvalue weighted by Gasteiger charge is 2.39. The molecule has 0 aliphatic heterocycles. The molecule has 1 aromatic rings. The van der Waals surface area contributed by atoms with Gasteiger partial charge in [0.05, 0.1) is 0 Å². The third-order valence-electron chi connectivity index (χ3n) is 5.03. The number of carbonyl (C=O) groups is 5. The molecule has 0 heterocycles. The summed E-state index contributed by atoms with van der Waals surface area (Å²) in [6.45, 7) is 5.08. The summed E-state index contributed by atoms with van der Waals surface area (Å²) < 4.78 is 5.38. The second kappa shape index (κ2) is 13.7. The number of carboxylic acids is 2. The number of rotatable bonds is 13. The summed E-state index contributed by atoms with van der Waals surface area (Å²) >= 11 is 0. The number of nitrogens with zero attached hydrogens (tertiary/aromatic N) is 1. The fourth-order valence-electron chi connectivity index (χ4n) is 3.39. The van der Waals surface area contributed by atoms with E-state index in [1.54, 1.807) is 45.0 Å². The van der Waals surface area contributed by atoms with Gasteiger partial charge >= 0.3 is 23.9 Å². The first-order valence-corrected chi connectivity index (χ1v) is 11.4. The summed E-state index contributed by atoms with van der Waals surface area (Å²) in [4.78, 5) is 60.9. The Morgan fingerprint density at radius 3 is 2.14 bits per heavy atom. The Morgan fingerprint density at radius 2 is 1.67 bits per heavy atom. The van der Waals surface area contributed by atoms with E-state index in [1.165, 1.54) is 0 Å². The zero-order valence-electron chi connectivity index (χ0n) is 20.7. The molecule has 2 atom stereocenters. The molecule has 36 heavy (non-hydrogen) atoms. The Kier molecular flexibility index (Phi) is 11.4. The maximum absolute atomic E-state index is 12.9. The Morgan fingerprint density at radius 1 is 1.06 bits per heavy atom. The van der Waals surface area contributed by atoms with Crippen LogP contribution >= 0.6 is 0 Å². The molecule has 1 unspecified atom stereocenters. The maximum atomic E-state index is 12.9. The van der Waals surface area contributed by atoms with Crippen LogP contribution in [0.25, 0.3) is 0 Å². The third-order valence-corrected chi connectivity index (χ3v) is 5.03. The number of esters is 1. The van der Waals surface area contributed by atoms with Crippen LogP contribution in [0.5, 0.6) is 0 Å². The van der Waals surface area contributed by atoms with E-state index in [0.29, 0.717) is 28.9 Å². The van der Waals surface area contributed by atoms with E-state index in [1.807, 2.05) is 0 Å². The number of carbonyl (C=O) groups excluding carboxylic acids is 3. The van der Waals surface area contributed by atoms with Gasteiger partial charge in [-0.2, -0.15) is 0 Å². The van der Waals surface area contributed by atoms with Crippen molar-refractivity contribution in [2.75, 3.05) is 6.54 Å². The molecule has 1 aromatic carbocycles. The molecule has 0 bridgehead atoms. The number of terminal acetylenes is 1. The Bertz CT molecular complexity index is 992. The molecule has 0 aliphatic rings. The van der Waals surface area contributed by atoms with Gasteiger partial charge in [-0.1, -0.05) is 5.92 Å². The average molecular weight is 504 g/mol. The first-order valence-electron chi connectivity index (χ1n) is 11.4. The molecule has 5 N–H and O–H groups in total. The highest BCUT2D eigenvalue weighted by molar-refractivity contribution is 5.94. The fraction of sp³-hybridized carbons (Fsp3) is 0.480. The van der Waals surface area contributed by atoms with Crippen molar-refractivity contribution in [1.82, 2.24) is 10.2 Å². The smallest absolute Gasteiger partial charge is 0.329 e. The van der Waals surface area contributed by atoms with Crippen molar-refractivity contribution in [3.8, 4) is 12.3 Å². The number of hydrogen-bond donors (Lipinski definition) is 4. The quantitative estimate of drug-likeness (QED) is 0.179. The van der Waals surface area contributed by atoms with Crippen molar-refractivity contribution in [2.24, 2.45) is 5.73 Å². The van der Waals surface area contributed by atoms with Crippen LogP contribution in [0.4, 0.5) is 4.79 Å². The number of primary amides is 1. The van der Waals surface area contributed by atoms with Gasteiger partial charge in [-0.05, 0) is 70.7 Å². The molecule has 196 valence electrons. The molecule has 0 fully saturated rings. The number of aliphatic carboxylic acids is 2. The van der Waals surface area contributed by atoms with E-state index in [4.69, 9.17) is 22.0 Å². The molecule has 1 rings (SSSR count). The monoisotopic (exact) mass is 503 g/mol. The van der Waals surface area contributed by atoms with Crippen molar-refractivity contribution < 1.29 is 38.9 Å². The summed E-state index contributed by atoms with van der Waals surface area (Å²) in [5, 5.41) is 21.3. The lowest BCUT2D eigenvalue weighted by molar-refractivity contribution is -0.162. The predicted octanol–water partition coefficient (Wildman–Crippen LogP) is 1.98. The molecule has 0 spiro atoms. The molecule has 3 amide bonds. The van der Waals surface area contributed by atoms with Gasteiger partial charge in [-0.15, -0.1) is 6.42 Å². The molecule has 0 radical (unpaired) electrons. The van der Waals surface area contributed by atoms with Crippen molar-refractivity contribution in [1.29, 1.82) is 0 Å². The molecule has 11 heteroatoms. The Hall–Kier alpha value is -4.07. The number of ether oxygens (including phenoxy) is 1. The first-order chi connectivity index (χ1) is 16.8. The summed E-state index contributed by atoms with van der Waals surface area (Å²) in [5.74, 6) is -1.47. The van der Waals surface area contributed by atoms with E-state index >= 15 is 0 Å². The van der Waals surface area contributed by atoms with Gasteiger partial charge in [0.15, 0.2) is 0 Å². The standard InChI is InChI=1S/C25H33N3O8/c1-5-16-9-11-17(12-10-16)21(31)27-15-7-6-8-19(23(34)36-25(2,3)4)28(24(26)35)18(22(32)33)13-14-20(29)30/h1,9-12,18-19H,6-8,13-15H2,2-4H3,(H2,26,35)(H,27,31)(H,29,30)(H,32,33)/t18-,19?/m0/s1. The minimum absolute atomic E-state index is 0.0125. The number of amides is 3. The van der Waals surface area contributed by atoms with E-state index in [2.05, 4.69) is 11.2 Å². The van der Waals surface area contributed by atoms with E-state index < -0.39 is 54.5 Å². The topological polar surface area (TPSA) is 176 Å². The van der Waals surface area contributed by atoms with Crippen LogP contribution in [0.1, 0.15) is 68.8 Å². The average Bonchev–Trinajstić information content (AvgIpc) is 2.77. The Labute approximate surface area is 210 Å². The molecule has 0 aliphatic carbocycles. The highest BCUT2D eigenvalue weighted by atomic mass is 16.6. The molecule has 0 saturated heterocycles. The van der Waals surface area contributed by atoms with Gasteiger partial charge in [-0.25, -0.2) is 14.4 Å². The fourth-order valence-corrected chi connectivity index (χ4v) is 3.39. The second-order valence-corrected chi connectivity index (χ2v) is 9.05. The second-order valence-electron chi connectivity index (χ2n) is 9.05. The van der Waals surface area contributed by atoms with Crippen molar-refractivity contribution in [3.63, 3.8) is 0 Å². The van der Waals surface area contributed by atoms with Crippen molar-refractivity contribution in [2.45, 2.75) is 70.6 Å². The Balaban J connectivity index is 2.92. The summed E-state index contributed by atoms with van der Waals surface area (Å²) in [6, 6.07) is 2.29. The van der Waals surface area contributed by atoms with Crippen LogP contribution in [0.15, 0.2) is 24.3 Å².